The van der Waals surface area contributed by atoms with E-state index in [4.69, 9.17) is 19.0 Å². The Kier molecular flexibility index (Phi) is 7.90. The van der Waals surface area contributed by atoms with Gasteiger partial charge in [0.25, 0.3) is 0 Å². The van der Waals surface area contributed by atoms with Crippen LogP contribution in [-0.4, -0.2) is 42.2 Å². The summed E-state index contributed by atoms with van der Waals surface area (Å²) >= 11 is 0. The van der Waals surface area contributed by atoms with Gasteiger partial charge in [-0.25, -0.2) is 9.59 Å². The van der Waals surface area contributed by atoms with Crippen molar-refractivity contribution in [3.05, 3.63) is 35.9 Å². The molecule has 0 unspecified atom stereocenters. The van der Waals surface area contributed by atoms with Gasteiger partial charge in [0.05, 0.1) is 13.7 Å². The van der Waals surface area contributed by atoms with Crippen LogP contribution in [0.3, 0.4) is 0 Å². The molecular weight excluding hydrogens is 362 g/mol. The third-order valence-corrected chi connectivity index (χ3v) is 3.26. The molecular formula is C21H31NO6. The number of benzene rings is 1. The number of hydroxylamine groups is 2. The number of nitrogens with zero attached hydrogens (tertiary/aromatic N) is 1. The standard InChI is InChI=1S/C21H31NO6/c1-15(16-10-9-11-17(14-16)25-8)12-13-22(18(23)26-20(2,3)4)28-19(24)27-21(5,6)7/h9-12,14H,13H2,1-8H3/b15-12+. The summed E-state index contributed by atoms with van der Waals surface area (Å²) in [7, 11) is 1.59. The third-order valence-electron chi connectivity index (χ3n) is 3.26. The molecule has 0 fully saturated rings. The van der Waals surface area contributed by atoms with Gasteiger partial charge in [-0.05, 0) is 71.7 Å². The van der Waals surface area contributed by atoms with Crippen molar-refractivity contribution >= 4 is 17.8 Å². The molecule has 0 aliphatic rings. The van der Waals surface area contributed by atoms with Crippen LogP contribution in [0.1, 0.15) is 54.0 Å². The van der Waals surface area contributed by atoms with Gasteiger partial charge in [-0.2, -0.15) is 0 Å². The molecule has 0 saturated carbocycles. The number of hydrogen-bond donors (Lipinski definition) is 0. The molecule has 156 valence electrons. The second-order valence-corrected chi connectivity index (χ2v) is 8.22. The molecule has 1 aromatic carbocycles. The summed E-state index contributed by atoms with van der Waals surface area (Å²) in [6.45, 7) is 12.2. The number of carbonyl (C=O) groups is 2. The predicted molar refractivity (Wildman–Crippen MR) is 107 cm³/mol. The van der Waals surface area contributed by atoms with E-state index < -0.39 is 23.5 Å². The van der Waals surface area contributed by atoms with Crippen LogP contribution in [0.25, 0.3) is 5.57 Å². The molecule has 0 aliphatic carbocycles. The summed E-state index contributed by atoms with van der Waals surface area (Å²) in [6, 6.07) is 7.50. The lowest BCUT2D eigenvalue weighted by Crippen LogP contribution is -2.39. The third kappa shape index (κ3) is 8.79. The fraction of sp³-hybridized carbons (Fsp3) is 0.524. The molecule has 1 amide bonds. The zero-order valence-corrected chi connectivity index (χ0v) is 18.0. The molecule has 7 heteroatoms. The summed E-state index contributed by atoms with van der Waals surface area (Å²) in [5, 5.41) is 0.836. The van der Waals surface area contributed by atoms with Crippen LogP contribution >= 0.6 is 0 Å². The minimum absolute atomic E-state index is 0.00278. The summed E-state index contributed by atoms with van der Waals surface area (Å²) in [6.07, 6.45) is -0.0119. The number of allylic oxidation sites excluding steroid dienone is 1. The first-order chi connectivity index (χ1) is 12.8. The van der Waals surface area contributed by atoms with Crippen LogP contribution < -0.4 is 4.74 Å². The van der Waals surface area contributed by atoms with Gasteiger partial charge in [-0.1, -0.05) is 18.2 Å². The molecule has 0 aliphatic heterocycles. The number of amides is 1. The van der Waals surface area contributed by atoms with Crippen molar-refractivity contribution in [2.45, 2.75) is 59.7 Å². The molecule has 7 nitrogen and oxygen atoms in total. The largest absolute Gasteiger partial charge is 0.534 e. The Balaban J connectivity index is 2.97. The zero-order valence-electron chi connectivity index (χ0n) is 18.0. The molecule has 1 rings (SSSR count). The Bertz CT molecular complexity index is 712. The van der Waals surface area contributed by atoms with Gasteiger partial charge in [0.1, 0.15) is 17.0 Å². The van der Waals surface area contributed by atoms with Crippen molar-refractivity contribution in [2.75, 3.05) is 13.7 Å². The Morgan fingerprint density at radius 3 is 2.18 bits per heavy atom. The highest BCUT2D eigenvalue weighted by Gasteiger charge is 2.27. The molecule has 0 radical (unpaired) electrons. The number of hydrogen-bond acceptors (Lipinski definition) is 6. The Hall–Kier alpha value is -2.70. The fourth-order valence-electron chi connectivity index (χ4n) is 2.03. The van der Waals surface area contributed by atoms with Crippen molar-refractivity contribution < 1.29 is 28.6 Å². The smallest absolute Gasteiger partial charge is 0.497 e. The van der Waals surface area contributed by atoms with E-state index in [9.17, 15) is 9.59 Å². The topological polar surface area (TPSA) is 74.3 Å². The van der Waals surface area contributed by atoms with Crippen LogP contribution in [0.4, 0.5) is 9.59 Å². The molecule has 0 heterocycles. The lowest BCUT2D eigenvalue weighted by Gasteiger charge is -2.26. The predicted octanol–water partition coefficient (Wildman–Crippen LogP) is 5.20. The SMILES string of the molecule is COc1cccc(/C(C)=C/CN(OC(=O)OC(C)(C)C)C(=O)OC(C)(C)C)c1. The zero-order chi connectivity index (χ0) is 21.5. The average Bonchev–Trinajstić information content (AvgIpc) is 2.55. The van der Waals surface area contributed by atoms with Crippen molar-refractivity contribution in [1.29, 1.82) is 0 Å². The highest BCUT2D eigenvalue weighted by molar-refractivity contribution is 5.71. The molecule has 0 N–H and O–H groups in total. The average molecular weight is 393 g/mol. The molecule has 1 aromatic rings. The van der Waals surface area contributed by atoms with Crippen LogP contribution in [0.15, 0.2) is 30.3 Å². The van der Waals surface area contributed by atoms with Gasteiger partial charge in [-0.15, -0.1) is 5.06 Å². The van der Waals surface area contributed by atoms with E-state index in [1.54, 1.807) is 54.7 Å². The van der Waals surface area contributed by atoms with E-state index in [-0.39, 0.29) is 6.54 Å². The van der Waals surface area contributed by atoms with Crippen LogP contribution in [0, 0.1) is 0 Å². The Morgan fingerprint density at radius 2 is 1.64 bits per heavy atom. The van der Waals surface area contributed by atoms with Crippen LogP contribution in [0.5, 0.6) is 5.75 Å². The van der Waals surface area contributed by atoms with E-state index in [1.807, 2.05) is 31.2 Å². The summed E-state index contributed by atoms with van der Waals surface area (Å²) in [4.78, 5) is 29.5. The minimum atomic E-state index is -0.981. The van der Waals surface area contributed by atoms with E-state index in [2.05, 4.69) is 0 Å². The summed E-state index contributed by atoms with van der Waals surface area (Å²) in [5.74, 6) is 0.722. The molecule has 0 aromatic heterocycles. The van der Waals surface area contributed by atoms with E-state index in [1.165, 1.54) is 0 Å². The Labute approximate surface area is 167 Å². The second kappa shape index (κ2) is 9.48. The van der Waals surface area contributed by atoms with Crippen molar-refractivity contribution in [1.82, 2.24) is 5.06 Å². The van der Waals surface area contributed by atoms with E-state index in [0.29, 0.717) is 0 Å². The Morgan fingerprint density at radius 1 is 1.04 bits per heavy atom. The molecule has 0 atom stereocenters. The van der Waals surface area contributed by atoms with E-state index in [0.717, 1.165) is 21.9 Å². The van der Waals surface area contributed by atoms with E-state index >= 15 is 0 Å². The molecule has 28 heavy (non-hydrogen) atoms. The molecule has 0 spiro atoms. The first-order valence-electron chi connectivity index (χ1n) is 9.03. The number of carbonyl (C=O) groups excluding carboxylic acids is 2. The van der Waals surface area contributed by atoms with Gasteiger partial charge in [0.2, 0.25) is 0 Å². The second-order valence-electron chi connectivity index (χ2n) is 8.22. The minimum Gasteiger partial charge on any atom is -0.497 e. The van der Waals surface area contributed by atoms with Gasteiger partial charge < -0.3 is 14.2 Å². The normalized spacial score (nSPS) is 12.2. The fourth-order valence-corrected chi connectivity index (χ4v) is 2.03. The maximum Gasteiger partial charge on any atom is 0.534 e. The van der Waals surface area contributed by atoms with Crippen LogP contribution in [0.2, 0.25) is 0 Å². The highest BCUT2D eigenvalue weighted by atomic mass is 16.8. The molecule has 0 bridgehead atoms. The van der Waals surface area contributed by atoms with Crippen LogP contribution in [-0.2, 0) is 14.3 Å². The lowest BCUT2D eigenvalue weighted by atomic mass is 10.1. The summed E-state index contributed by atoms with van der Waals surface area (Å²) < 4.78 is 15.7. The maximum absolute atomic E-state index is 12.4. The highest BCUT2D eigenvalue weighted by Crippen LogP contribution is 2.20. The lowest BCUT2D eigenvalue weighted by molar-refractivity contribution is -0.130. The number of methoxy groups -OCH3 is 1. The van der Waals surface area contributed by atoms with Crippen molar-refractivity contribution in [3.8, 4) is 5.75 Å². The van der Waals surface area contributed by atoms with Gasteiger partial charge in [-0.3, -0.25) is 4.84 Å². The van der Waals surface area contributed by atoms with Crippen molar-refractivity contribution in [2.24, 2.45) is 0 Å². The number of rotatable bonds is 4. The maximum atomic E-state index is 12.4. The van der Waals surface area contributed by atoms with Gasteiger partial charge in [0.15, 0.2) is 0 Å². The summed E-state index contributed by atoms with van der Waals surface area (Å²) in [5.41, 5.74) is 0.308. The molecule has 0 saturated heterocycles. The quantitative estimate of drug-likeness (QED) is 0.517. The van der Waals surface area contributed by atoms with Gasteiger partial charge in [0, 0.05) is 0 Å². The first-order valence-corrected chi connectivity index (χ1v) is 9.03. The first kappa shape index (κ1) is 23.3. The number of ether oxygens (including phenoxy) is 3. The monoisotopic (exact) mass is 393 g/mol. The van der Waals surface area contributed by atoms with Gasteiger partial charge >= 0.3 is 12.2 Å². The van der Waals surface area contributed by atoms with Crippen molar-refractivity contribution in [3.63, 3.8) is 0 Å².